The van der Waals surface area contributed by atoms with Gasteiger partial charge in [-0.2, -0.15) is 0 Å². The SMILES string of the molecule is NC(=O)CSCc1csc(NC(=O)CCCc2ccccc2)n1. The monoisotopic (exact) mass is 349 g/mol. The Morgan fingerprint density at radius 1 is 1.26 bits per heavy atom. The summed E-state index contributed by atoms with van der Waals surface area (Å²) in [7, 11) is 0. The van der Waals surface area contributed by atoms with Gasteiger partial charge in [0.15, 0.2) is 5.13 Å². The topological polar surface area (TPSA) is 85.1 Å². The Labute approximate surface area is 143 Å². The zero-order valence-corrected chi connectivity index (χ0v) is 14.3. The van der Waals surface area contributed by atoms with Crippen molar-refractivity contribution in [3.8, 4) is 0 Å². The Hall–Kier alpha value is -1.86. The number of nitrogens with zero attached hydrogens (tertiary/aromatic N) is 1. The van der Waals surface area contributed by atoms with E-state index in [9.17, 15) is 9.59 Å². The van der Waals surface area contributed by atoms with Gasteiger partial charge in [-0.15, -0.1) is 23.1 Å². The van der Waals surface area contributed by atoms with Gasteiger partial charge in [-0.25, -0.2) is 4.98 Å². The third-order valence-electron chi connectivity index (χ3n) is 3.00. The van der Waals surface area contributed by atoms with Crippen molar-refractivity contribution in [3.63, 3.8) is 0 Å². The van der Waals surface area contributed by atoms with Gasteiger partial charge in [0.1, 0.15) is 0 Å². The molecule has 0 saturated carbocycles. The summed E-state index contributed by atoms with van der Waals surface area (Å²) in [5, 5.41) is 5.30. The quantitative estimate of drug-likeness (QED) is 0.729. The van der Waals surface area contributed by atoms with E-state index in [-0.39, 0.29) is 17.6 Å². The summed E-state index contributed by atoms with van der Waals surface area (Å²) in [6, 6.07) is 10.1. The standard InChI is InChI=1S/C16H19N3O2S2/c17-14(20)11-22-9-13-10-23-16(18-13)19-15(21)8-4-7-12-5-2-1-3-6-12/h1-3,5-6,10H,4,7-9,11H2,(H2,17,20)(H,18,19,21). The van der Waals surface area contributed by atoms with E-state index in [0.29, 0.717) is 17.3 Å². The van der Waals surface area contributed by atoms with Gasteiger partial charge in [-0.05, 0) is 18.4 Å². The van der Waals surface area contributed by atoms with Crippen LogP contribution in [0.3, 0.4) is 0 Å². The Bertz CT molecular complexity index is 644. The number of carbonyl (C=O) groups excluding carboxylic acids is 2. The Balaban J connectivity index is 1.68. The molecular formula is C16H19N3O2S2. The van der Waals surface area contributed by atoms with Crippen molar-refractivity contribution in [3.05, 3.63) is 47.0 Å². The van der Waals surface area contributed by atoms with Gasteiger partial charge in [-0.3, -0.25) is 9.59 Å². The van der Waals surface area contributed by atoms with Crippen LogP contribution < -0.4 is 11.1 Å². The van der Waals surface area contributed by atoms with Crippen LogP contribution in [0.1, 0.15) is 24.1 Å². The normalized spacial score (nSPS) is 10.4. The third kappa shape index (κ3) is 6.83. The number of aryl methyl sites for hydroxylation is 1. The number of nitrogens with one attached hydrogen (secondary N) is 1. The van der Waals surface area contributed by atoms with E-state index in [2.05, 4.69) is 22.4 Å². The van der Waals surface area contributed by atoms with E-state index in [1.54, 1.807) is 0 Å². The van der Waals surface area contributed by atoms with Crippen LogP contribution in [0.4, 0.5) is 5.13 Å². The van der Waals surface area contributed by atoms with Crippen molar-refractivity contribution in [1.29, 1.82) is 0 Å². The van der Waals surface area contributed by atoms with Gasteiger partial charge in [-0.1, -0.05) is 30.3 Å². The van der Waals surface area contributed by atoms with Crippen molar-refractivity contribution >= 4 is 40.0 Å². The average molecular weight is 349 g/mol. The first-order valence-electron chi connectivity index (χ1n) is 7.27. The summed E-state index contributed by atoms with van der Waals surface area (Å²) >= 11 is 2.81. The molecule has 2 amide bonds. The summed E-state index contributed by atoms with van der Waals surface area (Å²) in [6.45, 7) is 0. The molecule has 7 heteroatoms. The molecule has 0 fully saturated rings. The molecule has 0 unspecified atom stereocenters. The highest BCUT2D eigenvalue weighted by Crippen LogP contribution is 2.19. The minimum atomic E-state index is -0.336. The lowest BCUT2D eigenvalue weighted by molar-refractivity contribution is -0.116. The molecule has 0 aliphatic carbocycles. The van der Waals surface area contributed by atoms with Crippen LogP contribution in [0.25, 0.3) is 0 Å². The van der Waals surface area contributed by atoms with Crippen molar-refractivity contribution in [1.82, 2.24) is 4.98 Å². The molecule has 0 spiro atoms. The molecule has 1 aromatic carbocycles. The van der Waals surface area contributed by atoms with Gasteiger partial charge in [0.25, 0.3) is 0 Å². The molecule has 23 heavy (non-hydrogen) atoms. The van der Waals surface area contributed by atoms with Crippen molar-refractivity contribution in [2.24, 2.45) is 5.73 Å². The average Bonchev–Trinajstić information content (AvgIpc) is 2.95. The summed E-state index contributed by atoms with van der Waals surface area (Å²) in [6.07, 6.45) is 2.17. The molecule has 122 valence electrons. The minimum Gasteiger partial charge on any atom is -0.369 e. The van der Waals surface area contributed by atoms with Crippen LogP contribution in [0.15, 0.2) is 35.7 Å². The van der Waals surface area contributed by atoms with Gasteiger partial charge >= 0.3 is 0 Å². The van der Waals surface area contributed by atoms with E-state index in [1.165, 1.54) is 28.7 Å². The van der Waals surface area contributed by atoms with Crippen LogP contribution in [0, 0.1) is 0 Å². The molecule has 1 heterocycles. The van der Waals surface area contributed by atoms with Crippen molar-refractivity contribution in [2.45, 2.75) is 25.0 Å². The largest absolute Gasteiger partial charge is 0.369 e. The molecule has 3 N–H and O–H groups in total. The number of hydrogen-bond acceptors (Lipinski definition) is 5. The predicted octanol–water partition coefficient (Wildman–Crippen LogP) is 2.82. The second-order valence-electron chi connectivity index (χ2n) is 4.99. The van der Waals surface area contributed by atoms with E-state index in [1.807, 2.05) is 23.6 Å². The number of benzene rings is 1. The van der Waals surface area contributed by atoms with Gasteiger partial charge < -0.3 is 11.1 Å². The molecule has 2 aromatic rings. The Morgan fingerprint density at radius 3 is 2.78 bits per heavy atom. The second-order valence-corrected chi connectivity index (χ2v) is 6.83. The number of amides is 2. The second kappa shape index (κ2) is 9.32. The maximum Gasteiger partial charge on any atom is 0.227 e. The first-order valence-corrected chi connectivity index (χ1v) is 9.31. The number of aromatic nitrogens is 1. The van der Waals surface area contributed by atoms with Crippen LogP contribution in [-0.2, 0) is 21.8 Å². The number of thiazole rings is 1. The Morgan fingerprint density at radius 2 is 2.04 bits per heavy atom. The molecule has 2 rings (SSSR count). The maximum absolute atomic E-state index is 11.9. The van der Waals surface area contributed by atoms with Crippen LogP contribution in [0.2, 0.25) is 0 Å². The van der Waals surface area contributed by atoms with E-state index < -0.39 is 0 Å². The number of nitrogens with two attached hydrogens (primary N) is 1. The van der Waals surface area contributed by atoms with Crippen LogP contribution in [-0.4, -0.2) is 22.6 Å². The number of rotatable bonds is 9. The zero-order chi connectivity index (χ0) is 16.5. The van der Waals surface area contributed by atoms with E-state index >= 15 is 0 Å². The molecule has 0 radical (unpaired) electrons. The summed E-state index contributed by atoms with van der Waals surface area (Å²) in [5.41, 5.74) is 7.17. The molecule has 1 aromatic heterocycles. The molecule has 5 nitrogen and oxygen atoms in total. The first kappa shape index (κ1) is 17.5. The highest BCUT2D eigenvalue weighted by atomic mass is 32.2. The molecule has 0 aliphatic rings. The smallest absolute Gasteiger partial charge is 0.227 e. The molecule has 0 atom stereocenters. The number of anilines is 1. The number of primary amides is 1. The number of hydrogen-bond donors (Lipinski definition) is 2. The number of carbonyl (C=O) groups is 2. The highest BCUT2D eigenvalue weighted by molar-refractivity contribution is 7.99. The Kier molecular flexibility index (Phi) is 7.09. The highest BCUT2D eigenvalue weighted by Gasteiger charge is 2.07. The summed E-state index contributed by atoms with van der Waals surface area (Å²) < 4.78 is 0. The van der Waals surface area contributed by atoms with Gasteiger partial charge in [0.05, 0.1) is 11.4 Å². The van der Waals surface area contributed by atoms with Gasteiger partial charge in [0.2, 0.25) is 11.8 Å². The van der Waals surface area contributed by atoms with E-state index in [0.717, 1.165) is 18.5 Å². The van der Waals surface area contributed by atoms with Crippen LogP contribution in [0.5, 0.6) is 0 Å². The summed E-state index contributed by atoms with van der Waals surface area (Å²) in [5.74, 6) is 0.533. The van der Waals surface area contributed by atoms with Crippen LogP contribution >= 0.6 is 23.1 Å². The fourth-order valence-corrected chi connectivity index (χ4v) is 3.46. The fraction of sp³-hybridized carbons (Fsp3) is 0.312. The lowest BCUT2D eigenvalue weighted by Crippen LogP contribution is -2.13. The zero-order valence-electron chi connectivity index (χ0n) is 12.7. The molecular weight excluding hydrogens is 330 g/mol. The fourth-order valence-electron chi connectivity index (χ4n) is 1.97. The van der Waals surface area contributed by atoms with Crippen molar-refractivity contribution in [2.75, 3.05) is 11.1 Å². The predicted molar refractivity (Wildman–Crippen MR) is 95.5 cm³/mol. The van der Waals surface area contributed by atoms with Crippen molar-refractivity contribution < 1.29 is 9.59 Å². The third-order valence-corrected chi connectivity index (χ3v) is 4.80. The lowest BCUT2D eigenvalue weighted by atomic mass is 10.1. The summed E-state index contributed by atoms with van der Waals surface area (Å²) in [4.78, 5) is 26.9. The first-order chi connectivity index (χ1) is 11.1. The number of thioether (sulfide) groups is 1. The molecule has 0 aliphatic heterocycles. The molecule has 0 bridgehead atoms. The molecule has 0 saturated heterocycles. The maximum atomic E-state index is 11.9. The lowest BCUT2D eigenvalue weighted by Gasteiger charge is -2.02. The minimum absolute atomic E-state index is 0.0216. The van der Waals surface area contributed by atoms with Gasteiger partial charge in [0, 0.05) is 17.6 Å². The van der Waals surface area contributed by atoms with E-state index in [4.69, 9.17) is 5.73 Å².